The molecule has 114 valence electrons. The van der Waals surface area contributed by atoms with Crippen LogP contribution in [0.5, 0.6) is 0 Å². The van der Waals surface area contributed by atoms with Crippen molar-refractivity contribution in [2.24, 2.45) is 0 Å². The van der Waals surface area contributed by atoms with Crippen LogP contribution in [0.4, 0.5) is 0 Å². The normalized spacial score (nSPS) is 11.1. The Morgan fingerprint density at radius 3 is 2.48 bits per heavy atom. The highest BCUT2D eigenvalue weighted by Crippen LogP contribution is 2.11. The maximum Gasteiger partial charge on any atom is 0.305 e. The summed E-state index contributed by atoms with van der Waals surface area (Å²) in [5.74, 6) is -0.485. The molecular weight excluding hydrogens is 292 g/mol. The molecule has 7 heteroatoms. The number of nitrogens with zero attached hydrogens (tertiary/aromatic N) is 2. The minimum atomic E-state index is -3.44. The number of carbonyl (C=O) groups excluding carboxylic acids is 1. The molecule has 0 heterocycles. The molecule has 0 fully saturated rings. The zero-order valence-corrected chi connectivity index (χ0v) is 12.9. The SMILES string of the molecule is COC(=O)CCCN(C)S(=O)(=O)Cc1ccc(C#N)cc1. The molecule has 0 saturated heterocycles. The lowest BCUT2D eigenvalue weighted by Crippen LogP contribution is -2.29. The summed E-state index contributed by atoms with van der Waals surface area (Å²) in [5, 5.41) is 8.70. The Labute approximate surface area is 125 Å². The van der Waals surface area contributed by atoms with Gasteiger partial charge in [0.25, 0.3) is 0 Å². The number of hydrogen-bond donors (Lipinski definition) is 0. The van der Waals surface area contributed by atoms with Crippen LogP contribution < -0.4 is 0 Å². The lowest BCUT2D eigenvalue weighted by atomic mass is 10.2. The smallest absolute Gasteiger partial charge is 0.305 e. The standard InChI is InChI=1S/C14H18N2O4S/c1-16(9-3-4-14(17)20-2)21(18,19)11-13-7-5-12(10-15)6-8-13/h5-8H,3-4,9,11H2,1-2H3. The van der Waals surface area contributed by atoms with E-state index in [1.165, 1.54) is 18.5 Å². The van der Waals surface area contributed by atoms with E-state index in [0.717, 1.165) is 0 Å². The summed E-state index contributed by atoms with van der Waals surface area (Å²) in [6, 6.07) is 8.40. The minimum Gasteiger partial charge on any atom is -0.469 e. The van der Waals surface area contributed by atoms with Crippen LogP contribution in [0.3, 0.4) is 0 Å². The molecule has 0 aliphatic heterocycles. The van der Waals surface area contributed by atoms with Gasteiger partial charge in [-0.15, -0.1) is 0 Å². The average Bonchev–Trinajstić information content (AvgIpc) is 2.47. The molecule has 0 aliphatic carbocycles. The number of esters is 1. The van der Waals surface area contributed by atoms with Crippen molar-refractivity contribution in [3.63, 3.8) is 0 Å². The second-order valence-electron chi connectivity index (χ2n) is 4.57. The van der Waals surface area contributed by atoms with Crippen molar-refractivity contribution < 1.29 is 17.9 Å². The van der Waals surface area contributed by atoms with Gasteiger partial charge in [0.2, 0.25) is 10.0 Å². The molecule has 6 nitrogen and oxygen atoms in total. The van der Waals surface area contributed by atoms with E-state index >= 15 is 0 Å². The summed E-state index contributed by atoms with van der Waals surface area (Å²) in [6.07, 6.45) is 0.600. The fourth-order valence-electron chi connectivity index (χ4n) is 1.68. The van der Waals surface area contributed by atoms with Gasteiger partial charge in [0.1, 0.15) is 0 Å². The summed E-state index contributed by atoms with van der Waals surface area (Å²) in [6.45, 7) is 0.258. The maximum absolute atomic E-state index is 12.1. The largest absolute Gasteiger partial charge is 0.469 e. The Hall–Kier alpha value is -1.91. The summed E-state index contributed by atoms with van der Waals surface area (Å²) < 4.78 is 30.0. The van der Waals surface area contributed by atoms with E-state index in [-0.39, 0.29) is 24.7 Å². The molecule has 1 aromatic rings. The van der Waals surface area contributed by atoms with Gasteiger partial charge in [-0.2, -0.15) is 5.26 Å². The van der Waals surface area contributed by atoms with E-state index in [4.69, 9.17) is 5.26 Å². The molecule has 0 spiro atoms. The number of hydrogen-bond acceptors (Lipinski definition) is 5. The van der Waals surface area contributed by atoms with Crippen molar-refractivity contribution in [1.29, 1.82) is 5.26 Å². The second-order valence-corrected chi connectivity index (χ2v) is 6.64. The van der Waals surface area contributed by atoms with Gasteiger partial charge in [0.15, 0.2) is 0 Å². The van der Waals surface area contributed by atoms with Crippen LogP contribution in [0.15, 0.2) is 24.3 Å². The first-order valence-corrected chi connectivity index (χ1v) is 8.00. The van der Waals surface area contributed by atoms with Crippen LogP contribution in [-0.4, -0.2) is 39.4 Å². The molecular formula is C14H18N2O4S. The quantitative estimate of drug-likeness (QED) is 0.708. The first kappa shape index (κ1) is 17.1. The minimum absolute atomic E-state index is 0.132. The molecule has 0 bridgehead atoms. The number of methoxy groups -OCH3 is 1. The van der Waals surface area contributed by atoms with E-state index < -0.39 is 10.0 Å². The van der Waals surface area contributed by atoms with Crippen molar-refractivity contribution in [1.82, 2.24) is 4.31 Å². The van der Waals surface area contributed by atoms with Gasteiger partial charge in [-0.05, 0) is 24.1 Å². The topological polar surface area (TPSA) is 87.5 Å². The van der Waals surface area contributed by atoms with Crippen LogP contribution in [0.2, 0.25) is 0 Å². The lowest BCUT2D eigenvalue weighted by Gasteiger charge is -2.16. The van der Waals surface area contributed by atoms with Crippen LogP contribution in [-0.2, 0) is 25.3 Å². The highest BCUT2D eigenvalue weighted by Gasteiger charge is 2.18. The Bertz CT molecular complexity index is 617. The zero-order valence-electron chi connectivity index (χ0n) is 12.1. The van der Waals surface area contributed by atoms with E-state index in [2.05, 4.69) is 4.74 Å². The molecule has 0 N–H and O–H groups in total. The van der Waals surface area contributed by atoms with E-state index in [9.17, 15) is 13.2 Å². The Balaban J connectivity index is 2.59. The number of rotatable bonds is 7. The van der Waals surface area contributed by atoms with Crippen molar-refractivity contribution >= 4 is 16.0 Å². The van der Waals surface area contributed by atoms with Gasteiger partial charge >= 0.3 is 5.97 Å². The van der Waals surface area contributed by atoms with Crippen molar-refractivity contribution in [3.8, 4) is 6.07 Å². The van der Waals surface area contributed by atoms with Gasteiger partial charge < -0.3 is 4.74 Å². The fourth-order valence-corrected chi connectivity index (χ4v) is 2.92. The van der Waals surface area contributed by atoms with Crippen LogP contribution in [0.25, 0.3) is 0 Å². The van der Waals surface area contributed by atoms with Gasteiger partial charge in [-0.1, -0.05) is 12.1 Å². The molecule has 0 amide bonds. The summed E-state index contributed by atoms with van der Waals surface area (Å²) in [5.41, 5.74) is 1.11. The van der Waals surface area contributed by atoms with Crippen molar-refractivity contribution in [3.05, 3.63) is 35.4 Å². The van der Waals surface area contributed by atoms with E-state index in [1.54, 1.807) is 24.3 Å². The predicted octanol–water partition coefficient (Wildman–Crippen LogP) is 1.27. The summed E-state index contributed by atoms with van der Waals surface area (Å²) in [7, 11) is -0.658. The van der Waals surface area contributed by atoms with Gasteiger partial charge in [0.05, 0.1) is 24.5 Å². The maximum atomic E-state index is 12.1. The van der Waals surface area contributed by atoms with Gasteiger partial charge in [0, 0.05) is 20.0 Å². The van der Waals surface area contributed by atoms with E-state index in [1.807, 2.05) is 6.07 Å². The molecule has 0 radical (unpaired) electrons. The summed E-state index contributed by atoms with van der Waals surface area (Å²) >= 11 is 0. The first-order valence-electron chi connectivity index (χ1n) is 6.39. The molecule has 1 rings (SSSR count). The average molecular weight is 310 g/mol. The summed E-state index contributed by atoms with van der Waals surface area (Å²) in [4.78, 5) is 11.0. The third-order valence-corrected chi connectivity index (χ3v) is 4.82. The molecule has 0 unspecified atom stereocenters. The van der Waals surface area contributed by atoms with Crippen LogP contribution in [0, 0.1) is 11.3 Å². The highest BCUT2D eigenvalue weighted by molar-refractivity contribution is 7.88. The number of carbonyl (C=O) groups is 1. The monoisotopic (exact) mass is 310 g/mol. The molecule has 21 heavy (non-hydrogen) atoms. The number of ether oxygens (including phenoxy) is 1. The highest BCUT2D eigenvalue weighted by atomic mass is 32.2. The predicted molar refractivity (Wildman–Crippen MR) is 77.7 cm³/mol. The van der Waals surface area contributed by atoms with E-state index in [0.29, 0.717) is 17.5 Å². The Morgan fingerprint density at radius 1 is 1.33 bits per heavy atom. The van der Waals surface area contributed by atoms with Gasteiger partial charge in [-0.3, -0.25) is 4.79 Å². The molecule has 0 atom stereocenters. The molecule has 0 aliphatic rings. The Morgan fingerprint density at radius 2 is 1.95 bits per heavy atom. The number of nitriles is 1. The molecule has 1 aromatic carbocycles. The third-order valence-electron chi connectivity index (χ3n) is 2.99. The Kier molecular flexibility index (Phi) is 6.34. The second kappa shape index (κ2) is 7.76. The van der Waals surface area contributed by atoms with Crippen LogP contribution >= 0.6 is 0 Å². The zero-order chi connectivity index (χ0) is 15.9. The number of sulfonamides is 1. The van der Waals surface area contributed by atoms with Crippen molar-refractivity contribution in [2.75, 3.05) is 20.7 Å². The lowest BCUT2D eigenvalue weighted by molar-refractivity contribution is -0.140. The molecule has 0 saturated carbocycles. The third kappa shape index (κ3) is 5.53. The number of benzene rings is 1. The fraction of sp³-hybridized carbons (Fsp3) is 0.429. The van der Waals surface area contributed by atoms with Crippen LogP contribution in [0.1, 0.15) is 24.0 Å². The van der Waals surface area contributed by atoms with Gasteiger partial charge in [-0.25, -0.2) is 12.7 Å². The first-order chi connectivity index (χ1) is 9.89. The van der Waals surface area contributed by atoms with Crippen molar-refractivity contribution in [2.45, 2.75) is 18.6 Å². The molecule has 0 aromatic heterocycles.